The molecule has 1 heterocycles. The fourth-order valence-corrected chi connectivity index (χ4v) is 2.40. The number of carbonyl (C=O) groups is 2. The predicted octanol–water partition coefficient (Wildman–Crippen LogP) is 2.47. The van der Waals surface area contributed by atoms with Crippen LogP contribution in [0.25, 0.3) is 0 Å². The molecule has 1 aliphatic rings. The minimum Gasteiger partial charge on any atom is -0.484 e. The van der Waals surface area contributed by atoms with Crippen molar-refractivity contribution in [3.05, 3.63) is 28.8 Å². The molecule has 1 aliphatic heterocycles. The first-order valence-corrected chi connectivity index (χ1v) is 7.18. The summed E-state index contributed by atoms with van der Waals surface area (Å²) >= 11 is 6.03. The number of halogens is 1. The van der Waals surface area contributed by atoms with Gasteiger partial charge in [0.2, 0.25) is 0 Å². The Labute approximate surface area is 123 Å². The van der Waals surface area contributed by atoms with Gasteiger partial charge in [-0.25, -0.2) is 0 Å². The van der Waals surface area contributed by atoms with Crippen LogP contribution in [0.4, 0.5) is 0 Å². The molecule has 1 aromatic carbocycles. The third-order valence-corrected chi connectivity index (χ3v) is 3.80. The zero-order chi connectivity index (χ0) is 14.5. The van der Waals surface area contributed by atoms with Gasteiger partial charge in [-0.2, -0.15) is 0 Å². The van der Waals surface area contributed by atoms with Crippen molar-refractivity contribution in [3.63, 3.8) is 0 Å². The number of rotatable bonds is 4. The predicted molar refractivity (Wildman–Crippen MR) is 77.1 cm³/mol. The quantitative estimate of drug-likeness (QED) is 0.857. The molecule has 0 N–H and O–H groups in total. The molecule has 0 aromatic heterocycles. The van der Waals surface area contributed by atoms with E-state index in [1.54, 1.807) is 17.0 Å². The first kappa shape index (κ1) is 14.9. The molecular formula is C15H18ClNO3. The zero-order valence-electron chi connectivity index (χ0n) is 11.5. The Bertz CT molecular complexity index is 506. The second-order valence-corrected chi connectivity index (χ2v) is 5.22. The molecule has 0 spiro atoms. The molecule has 1 aromatic rings. The third kappa shape index (κ3) is 3.73. The smallest absolute Gasteiger partial charge is 0.260 e. The number of amides is 1. The highest BCUT2D eigenvalue weighted by Crippen LogP contribution is 2.22. The van der Waals surface area contributed by atoms with E-state index in [1.807, 2.05) is 13.0 Å². The lowest BCUT2D eigenvalue weighted by Crippen LogP contribution is -2.41. The summed E-state index contributed by atoms with van der Waals surface area (Å²) in [6, 6.07) is 5.39. The Morgan fingerprint density at radius 2 is 2.05 bits per heavy atom. The third-order valence-electron chi connectivity index (χ3n) is 3.43. The van der Waals surface area contributed by atoms with Gasteiger partial charge in [0.25, 0.3) is 5.91 Å². The van der Waals surface area contributed by atoms with E-state index >= 15 is 0 Å². The van der Waals surface area contributed by atoms with Crippen molar-refractivity contribution >= 4 is 23.3 Å². The summed E-state index contributed by atoms with van der Waals surface area (Å²) in [5.41, 5.74) is 1.00. The summed E-state index contributed by atoms with van der Waals surface area (Å²) in [6.07, 6.45) is 1.72. The van der Waals surface area contributed by atoms with Crippen LogP contribution in [0.3, 0.4) is 0 Å². The summed E-state index contributed by atoms with van der Waals surface area (Å²) in [6.45, 7) is 3.02. The number of Topliss-reactive ketones (excluding diaryl/α,β-unsaturated/α-hetero) is 1. The molecule has 1 amide bonds. The Kier molecular flexibility index (Phi) is 5.01. The maximum Gasteiger partial charge on any atom is 0.260 e. The number of hydrogen-bond acceptors (Lipinski definition) is 3. The van der Waals surface area contributed by atoms with Crippen LogP contribution in [0, 0.1) is 0 Å². The van der Waals surface area contributed by atoms with Crippen molar-refractivity contribution in [3.8, 4) is 5.75 Å². The molecule has 108 valence electrons. The van der Waals surface area contributed by atoms with Crippen LogP contribution < -0.4 is 4.74 Å². The lowest BCUT2D eigenvalue weighted by atomic mass is 10.1. The van der Waals surface area contributed by atoms with Crippen LogP contribution in [-0.2, 0) is 16.0 Å². The molecule has 0 bridgehead atoms. The number of benzene rings is 1. The Hall–Kier alpha value is -1.55. The first-order chi connectivity index (χ1) is 9.60. The van der Waals surface area contributed by atoms with Crippen LogP contribution in [0.1, 0.15) is 25.3 Å². The molecule has 5 heteroatoms. The number of hydrogen-bond donors (Lipinski definition) is 0. The highest BCUT2D eigenvalue weighted by molar-refractivity contribution is 6.31. The molecule has 1 saturated heterocycles. The Morgan fingerprint density at radius 3 is 2.70 bits per heavy atom. The summed E-state index contributed by atoms with van der Waals surface area (Å²) < 4.78 is 5.51. The number of ether oxygens (including phenoxy) is 1. The first-order valence-electron chi connectivity index (χ1n) is 6.81. The minimum atomic E-state index is -0.0782. The largest absolute Gasteiger partial charge is 0.484 e. The van der Waals surface area contributed by atoms with Gasteiger partial charge in [0.05, 0.1) is 0 Å². The van der Waals surface area contributed by atoms with Gasteiger partial charge in [-0.15, -0.1) is 0 Å². The molecule has 0 radical (unpaired) electrons. The molecule has 1 fully saturated rings. The Morgan fingerprint density at radius 1 is 1.35 bits per heavy atom. The normalized spacial score (nSPS) is 15.3. The number of likely N-dealkylation sites (tertiary alicyclic amines) is 1. The molecule has 0 unspecified atom stereocenters. The molecule has 0 aliphatic carbocycles. The van der Waals surface area contributed by atoms with E-state index in [0.29, 0.717) is 36.7 Å². The highest BCUT2D eigenvalue weighted by Gasteiger charge is 2.20. The number of nitrogens with zero attached hydrogens (tertiary/aromatic N) is 1. The van der Waals surface area contributed by atoms with Gasteiger partial charge in [-0.3, -0.25) is 9.59 Å². The van der Waals surface area contributed by atoms with Gasteiger partial charge in [-0.1, -0.05) is 18.5 Å². The van der Waals surface area contributed by atoms with Gasteiger partial charge in [0.15, 0.2) is 6.61 Å². The monoisotopic (exact) mass is 295 g/mol. The van der Waals surface area contributed by atoms with Gasteiger partial charge < -0.3 is 9.64 Å². The topological polar surface area (TPSA) is 46.6 Å². The van der Waals surface area contributed by atoms with Crippen molar-refractivity contribution in [2.75, 3.05) is 19.7 Å². The van der Waals surface area contributed by atoms with Crippen LogP contribution in [0.2, 0.25) is 5.02 Å². The van der Waals surface area contributed by atoms with E-state index in [4.69, 9.17) is 16.3 Å². The van der Waals surface area contributed by atoms with Crippen molar-refractivity contribution in [2.24, 2.45) is 0 Å². The molecular weight excluding hydrogens is 278 g/mol. The molecule has 0 atom stereocenters. The van der Waals surface area contributed by atoms with Gasteiger partial charge >= 0.3 is 0 Å². The fraction of sp³-hybridized carbons (Fsp3) is 0.467. The van der Waals surface area contributed by atoms with Crippen LogP contribution in [0.15, 0.2) is 18.2 Å². The SMILES string of the molecule is CCc1cc(OCC(=O)N2CCC(=O)CC2)ccc1Cl. The van der Waals surface area contributed by atoms with E-state index in [-0.39, 0.29) is 18.3 Å². The van der Waals surface area contributed by atoms with Crippen LogP contribution >= 0.6 is 11.6 Å². The molecule has 20 heavy (non-hydrogen) atoms. The second-order valence-electron chi connectivity index (χ2n) is 4.81. The van der Waals surface area contributed by atoms with Crippen LogP contribution in [0.5, 0.6) is 5.75 Å². The number of aryl methyl sites for hydroxylation is 1. The van der Waals surface area contributed by atoms with Crippen molar-refractivity contribution in [1.29, 1.82) is 0 Å². The fourth-order valence-electron chi connectivity index (χ4n) is 2.15. The van der Waals surface area contributed by atoms with E-state index < -0.39 is 0 Å². The van der Waals surface area contributed by atoms with Gasteiger partial charge in [-0.05, 0) is 30.2 Å². The summed E-state index contributed by atoms with van der Waals surface area (Å²) in [5.74, 6) is 0.790. The van der Waals surface area contributed by atoms with E-state index in [9.17, 15) is 9.59 Å². The molecule has 0 saturated carbocycles. The average molecular weight is 296 g/mol. The van der Waals surface area contributed by atoms with Crippen LogP contribution in [-0.4, -0.2) is 36.3 Å². The minimum absolute atomic E-state index is 0.00101. The maximum atomic E-state index is 12.0. The number of ketones is 1. The second kappa shape index (κ2) is 6.75. The molecule has 2 rings (SSSR count). The summed E-state index contributed by atoms with van der Waals surface area (Å²) in [5, 5.41) is 0.709. The summed E-state index contributed by atoms with van der Waals surface area (Å²) in [7, 11) is 0. The van der Waals surface area contributed by atoms with Crippen molar-refractivity contribution < 1.29 is 14.3 Å². The Balaban J connectivity index is 1.88. The highest BCUT2D eigenvalue weighted by atomic mass is 35.5. The number of carbonyl (C=O) groups excluding carboxylic acids is 2. The van der Waals surface area contributed by atoms with Crippen molar-refractivity contribution in [1.82, 2.24) is 4.90 Å². The maximum absolute atomic E-state index is 12.0. The summed E-state index contributed by atoms with van der Waals surface area (Å²) in [4.78, 5) is 24.8. The van der Waals surface area contributed by atoms with Crippen molar-refractivity contribution in [2.45, 2.75) is 26.2 Å². The average Bonchev–Trinajstić information content (AvgIpc) is 2.46. The molecule has 4 nitrogen and oxygen atoms in total. The lowest BCUT2D eigenvalue weighted by molar-refractivity contribution is -0.136. The zero-order valence-corrected chi connectivity index (χ0v) is 12.3. The van der Waals surface area contributed by atoms with Gasteiger partial charge in [0, 0.05) is 31.0 Å². The van der Waals surface area contributed by atoms with E-state index in [2.05, 4.69) is 0 Å². The number of piperidine rings is 1. The lowest BCUT2D eigenvalue weighted by Gasteiger charge is -2.25. The van der Waals surface area contributed by atoms with E-state index in [1.165, 1.54) is 0 Å². The van der Waals surface area contributed by atoms with Gasteiger partial charge in [0.1, 0.15) is 11.5 Å². The standard InChI is InChI=1S/C15H18ClNO3/c1-2-11-9-13(3-4-14(11)16)20-10-15(19)17-7-5-12(18)6-8-17/h3-4,9H,2,5-8,10H2,1H3. The van der Waals surface area contributed by atoms with E-state index in [0.717, 1.165) is 12.0 Å².